The molecular weight excluding hydrogens is 448 g/mol. The van der Waals surface area contributed by atoms with Crippen molar-refractivity contribution in [1.82, 2.24) is 10.9 Å². The molecule has 0 aromatic heterocycles. The van der Waals surface area contributed by atoms with E-state index in [1.54, 1.807) is 12.4 Å². The van der Waals surface area contributed by atoms with Crippen LogP contribution < -0.4 is 10.9 Å². The summed E-state index contributed by atoms with van der Waals surface area (Å²) in [4.78, 5) is 23.8. The van der Waals surface area contributed by atoms with Crippen molar-refractivity contribution in [2.75, 3.05) is 0 Å². The van der Waals surface area contributed by atoms with E-state index in [2.05, 4.69) is 34.2 Å². The molecule has 6 heteroatoms. The lowest BCUT2D eigenvalue weighted by atomic mass is 10.1. The van der Waals surface area contributed by atoms with E-state index in [1.807, 2.05) is 36.4 Å². The summed E-state index contributed by atoms with van der Waals surface area (Å²) < 4.78 is 0. The zero-order valence-electron chi connectivity index (χ0n) is 22.1. The molecule has 1 rings (SSSR count). The van der Waals surface area contributed by atoms with Crippen molar-refractivity contribution < 1.29 is 9.59 Å². The Morgan fingerprint density at radius 1 is 0.583 bits per heavy atom. The van der Waals surface area contributed by atoms with Crippen molar-refractivity contribution in [2.45, 2.75) is 103 Å². The van der Waals surface area contributed by atoms with E-state index < -0.39 is 0 Å². The van der Waals surface area contributed by atoms with Crippen LogP contribution in [0.4, 0.5) is 0 Å². The Morgan fingerprint density at radius 3 is 1.28 bits per heavy atom. The molecule has 0 saturated heterocycles. The molecule has 0 aliphatic heterocycles. The average Bonchev–Trinajstić information content (AvgIpc) is 2.88. The third-order valence-electron chi connectivity index (χ3n) is 5.87. The maximum atomic E-state index is 11.9. The maximum Gasteiger partial charge on any atom is 0.240 e. The highest BCUT2D eigenvalue weighted by Crippen LogP contribution is 2.09. The van der Waals surface area contributed by atoms with E-state index in [-0.39, 0.29) is 11.8 Å². The first-order valence-corrected chi connectivity index (χ1v) is 13.6. The number of hydrogen-bond acceptors (Lipinski definition) is 4. The summed E-state index contributed by atoms with van der Waals surface area (Å²) in [5.74, 6) is -0.109. The number of hydrazone groups is 2. The number of nitrogens with one attached hydrogen (secondary N) is 2. The molecule has 0 aliphatic carbocycles. The Labute approximate surface area is 218 Å². The van der Waals surface area contributed by atoms with Gasteiger partial charge in [-0.15, -0.1) is 13.2 Å². The Morgan fingerprint density at radius 2 is 0.917 bits per heavy atom. The minimum atomic E-state index is -0.0547. The minimum absolute atomic E-state index is 0.0547. The van der Waals surface area contributed by atoms with Crippen LogP contribution in [-0.2, 0) is 9.59 Å². The first-order valence-electron chi connectivity index (χ1n) is 13.6. The summed E-state index contributed by atoms with van der Waals surface area (Å²) in [7, 11) is 0. The molecule has 0 radical (unpaired) electrons. The van der Waals surface area contributed by atoms with Crippen molar-refractivity contribution in [1.29, 1.82) is 0 Å². The third kappa shape index (κ3) is 18.3. The largest absolute Gasteiger partial charge is 0.273 e. The molecule has 0 spiro atoms. The van der Waals surface area contributed by atoms with Crippen LogP contribution in [0.1, 0.15) is 114 Å². The minimum Gasteiger partial charge on any atom is -0.273 e. The van der Waals surface area contributed by atoms with Crippen molar-refractivity contribution in [2.24, 2.45) is 10.2 Å². The first kappa shape index (κ1) is 31.0. The number of hydrogen-bond donors (Lipinski definition) is 2. The molecule has 0 atom stereocenters. The highest BCUT2D eigenvalue weighted by Gasteiger charge is 2.01. The predicted molar refractivity (Wildman–Crippen MR) is 152 cm³/mol. The second-order valence-electron chi connectivity index (χ2n) is 9.15. The fourth-order valence-electron chi connectivity index (χ4n) is 3.70. The highest BCUT2D eigenvalue weighted by atomic mass is 16.2. The Bertz CT molecular complexity index is 733. The van der Waals surface area contributed by atoms with Gasteiger partial charge in [0.15, 0.2) is 0 Å². The summed E-state index contributed by atoms with van der Waals surface area (Å²) >= 11 is 0. The van der Waals surface area contributed by atoms with Gasteiger partial charge in [0.1, 0.15) is 0 Å². The fraction of sp³-hybridized carbons (Fsp3) is 0.533. The van der Waals surface area contributed by atoms with Gasteiger partial charge >= 0.3 is 0 Å². The smallest absolute Gasteiger partial charge is 0.240 e. The van der Waals surface area contributed by atoms with Gasteiger partial charge in [-0.25, -0.2) is 10.9 Å². The van der Waals surface area contributed by atoms with Crippen molar-refractivity contribution in [3.05, 3.63) is 60.7 Å². The zero-order valence-corrected chi connectivity index (χ0v) is 22.1. The van der Waals surface area contributed by atoms with Crippen LogP contribution in [0.15, 0.2) is 59.8 Å². The first-order chi connectivity index (χ1) is 17.7. The molecule has 0 fully saturated rings. The van der Waals surface area contributed by atoms with Gasteiger partial charge in [-0.05, 0) is 49.7 Å². The van der Waals surface area contributed by atoms with E-state index in [0.717, 1.165) is 49.7 Å². The molecule has 1 aromatic carbocycles. The van der Waals surface area contributed by atoms with Crippen LogP contribution in [0.3, 0.4) is 0 Å². The van der Waals surface area contributed by atoms with Gasteiger partial charge in [0.05, 0.1) is 12.4 Å². The quantitative estimate of drug-likeness (QED) is 0.0773. The lowest BCUT2D eigenvalue weighted by Crippen LogP contribution is -2.17. The fourth-order valence-corrected chi connectivity index (χ4v) is 3.70. The molecule has 6 nitrogen and oxygen atoms in total. The van der Waals surface area contributed by atoms with Crippen LogP contribution in [0.5, 0.6) is 0 Å². The van der Waals surface area contributed by atoms with Crippen LogP contribution in [0, 0.1) is 0 Å². The molecule has 198 valence electrons. The lowest BCUT2D eigenvalue weighted by molar-refractivity contribution is -0.122. The van der Waals surface area contributed by atoms with Crippen molar-refractivity contribution in [3.8, 4) is 0 Å². The zero-order chi connectivity index (χ0) is 26.1. The second kappa shape index (κ2) is 22.4. The number of nitrogens with zero attached hydrogens (tertiary/aromatic N) is 2. The number of unbranched alkanes of at least 4 members (excludes halogenated alkanes) is 12. The normalized spacial score (nSPS) is 11.1. The summed E-state index contributed by atoms with van der Waals surface area (Å²) in [6.45, 7) is 7.47. The van der Waals surface area contributed by atoms with Gasteiger partial charge < -0.3 is 0 Å². The average molecular weight is 495 g/mol. The summed E-state index contributed by atoms with van der Waals surface area (Å²) in [5, 5.41) is 8.07. The SMILES string of the molecule is C=CCCCCCCCCC(=O)N/N=C/c1ccc(/C=N/NC(=O)CCCCCCCCC=C)cc1. The van der Waals surface area contributed by atoms with E-state index in [0.29, 0.717) is 12.8 Å². The monoisotopic (exact) mass is 494 g/mol. The predicted octanol–water partition coefficient (Wildman–Crippen LogP) is 7.20. The topological polar surface area (TPSA) is 82.9 Å². The van der Waals surface area contributed by atoms with Gasteiger partial charge in [0, 0.05) is 12.8 Å². The Balaban J connectivity index is 2.13. The van der Waals surface area contributed by atoms with Gasteiger partial charge in [-0.3, -0.25) is 9.59 Å². The number of carbonyl (C=O) groups excluding carboxylic acids is 2. The van der Waals surface area contributed by atoms with Crippen LogP contribution in [0.25, 0.3) is 0 Å². The lowest BCUT2D eigenvalue weighted by Gasteiger charge is -2.02. The molecule has 0 heterocycles. The third-order valence-corrected chi connectivity index (χ3v) is 5.87. The Hall–Kier alpha value is -3.02. The number of benzene rings is 1. The molecule has 1 aromatic rings. The number of amides is 2. The summed E-state index contributed by atoms with van der Waals surface area (Å²) in [6.07, 6.45) is 24.0. The van der Waals surface area contributed by atoms with E-state index >= 15 is 0 Å². The number of rotatable bonds is 22. The molecule has 36 heavy (non-hydrogen) atoms. The standard InChI is InChI=1S/C30H46N4O2/c1-3-5-7-9-11-13-15-17-19-29(35)33-31-25-27-21-23-28(24-22-27)26-32-34-30(36)20-18-16-14-12-10-8-6-4-2/h3-4,21-26H,1-2,5-20H2,(H,33,35)(H,34,36)/b31-25+,32-26+. The second-order valence-corrected chi connectivity index (χ2v) is 9.15. The summed E-state index contributed by atoms with van der Waals surface area (Å²) in [6, 6.07) is 7.56. The van der Waals surface area contributed by atoms with E-state index in [9.17, 15) is 9.59 Å². The van der Waals surface area contributed by atoms with E-state index in [1.165, 1.54) is 51.4 Å². The van der Waals surface area contributed by atoms with Gasteiger partial charge in [0.2, 0.25) is 11.8 Å². The van der Waals surface area contributed by atoms with Crippen LogP contribution >= 0.6 is 0 Å². The Kier molecular flexibility index (Phi) is 19.3. The van der Waals surface area contributed by atoms with Gasteiger partial charge in [0.25, 0.3) is 0 Å². The van der Waals surface area contributed by atoms with E-state index in [4.69, 9.17) is 0 Å². The van der Waals surface area contributed by atoms with Crippen molar-refractivity contribution in [3.63, 3.8) is 0 Å². The van der Waals surface area contributed by atoms with Gasteiger partial charge in [-0.2, -0.15) is 10.2 Å². The summed E-state index contributed by atoms with van der Waals surface area (Å²) in [5.41, 5.74) is 6.93. The molecular formula is C30H46N4O2. The highest BCUT2D eigenvalue weighted by molar-refractivity contribution is 5.86. The molecule has 0 unspecified atom stereocenters. The molecule has 2 amide bonds. The molecule has 2 N–H and O–H groups in total. The molecule has 0 bridgehead atoms. The van der Waals surface area contributed by atoms with Crippen LogP contribution in [-0.4, -0.2) is 24.2 Å². The van der Waals surface area contributed by atoms with Gasteiger partial charge in [-0.1, -0.05) is 87.8 Å². The number of allylic oxidation sites excluding steroid dienone is 2. The van der Waals surface area contributed by atoms with Crippen LogP contribution in [0.2, 0.25) is 0 Å². The molecule has 0 aliphatic rings. The van der Waals surface area contributed by atoms with Crippen molar-refractivity contribution >= 4 is 24.2 Å². The number of carbonyl (C=O) groups is 2. The molecule has 0 saturated carbocycles. The maximum absolute atomic E-state index is 11.9.